The Balaban J connectivity index is 1.48. The third-order valence-corrected chi connectivity index (χ3v) is 5.88. The molecule has 0 radical (unpaired) electrons. The Kier molecular flexibility index (Phi) is 9.44. The van der Waals surface area contributed by atoms with Crippen molar-refractivity contribution >= 4 is 12.2 Å². The van der Waals surface area contributed by atoms with Crippen LogP contribution in [-0.2, 0) is 35.4 Å². The molecule has 1 saturated carbocycles. The zero-order valence-corrected chi connectivity index (χ0v) is 19.0. The van der Waals surface area contributed by atoms with Crippen LogP contribution in [0.2, 0.25) is 0 Å². The number of halogens is 3. The van der Waals surface area contributed by atoms with Crippen molar-refractivity contribution in [3.63, 3.8) is 0 Å². The van der Waals surface area contributed by atoms with E-state index in [1.165, 1.54) is 12.3 Å². The topological polar surface area (TPSA) is 83.8 Å². The lowest BCUT2D eigenvalue weighted by atomic mass is 9.81. The van der Waals surface area contributed by atoms with E-state index in [9.17, 15) is 18.0 Å². The maximum Gasteiger partial charge on any atom is 0.416 e. The lowest BCUT2D eigenvalue weighted by Crippen LogP contribution is -2.17. The fourth-order valence-electron chi connectivity index (χ4n) is 4.11. The van der Waals surface area contributed by atoms with Crippen LogP contribution < -0.4 is 5.32 Å². The van der Waals surface area contributed by atoms with E-state index < -0.39 is 17.7 Å². The number of oxime groups is 1. The molecular formula is C25H30F3N3O3. The van der Waals surface area contributed by atoms with Crippen molar-refractivity contribution in [3.8, 4) is 0 Å². The number of alkyl halides is 3. The van der Waals surface area contributed by atoms with Gasteiger partial charge in [0.05, 0.1) is 12.0 Å². The second-order valence-corrected chi connectivity index (χ2v) is 8.50. The number of hydrogen-bond acceptors (Lipinski definition) is 5. The smallest absolute Gasteiger partial charge is 0.416 e. The van der Waals surface area contributed by atoms with Crippen molar-refractivity contribution in [3.05, 3.63) is 64.5 Å². The summed E-state index contributed by atoms with van der Waals surface area (Å²) in [6, 6.07) is 8.20. The van der Waals surface area contributed by atoms with E-state index in [0.717, 1.165) is 43.4 Å². The third kappa shape index (κ3) is 8.13. The normalized spacial score (nSPS) is 15.0. The predicted octanol–water partition coefficient (Wildman–Crippen LogP) is 5.46. The minimum Gasteiger partial charge on any atom is -0.481 e. The van der Waals surface area contributed by atoms with Crippen molar-refractivity contribution < 1.29 is 27.9 Å². The number of carbonyl (C=O) groups is 1. The molecule has 1 aliphatic carbocycles. The number of aliphatic carboxylic acids is 1. The van der Waals surface area contributed by atoms with Crippen LogP contribution in [0, 0.1) is 0 Å². The maximum atomic E-state index is 13.7. The lowest BCUT2D eigenvalue weighted by Gasteiger charge is -2.25. The molecule has 0 bridgehead atoms. The molecule has 184 valence electrons. The van der Waals surface area contributed by atoms with Crippen LogP contribution >= 0.6 is 0 Å². The fourth-order valence-corrected chi connectivity index (χ4v) is 4.11. The Morgan fingerprint density at radius 2 is 1.94 bits per heavy atom. The summed E-state index contributed by atoms with van der Waals surface area (Å²) in [5, 5.41) is 15.5. The monoisotopic (exact) mass is 477 g/mol. The lowest BCUT2D eigenvalue weighted by molar-refractivity contribution is -0.139. The number of rotatable bonds is 11. The molecule has 34 heavy (non-hydrogen) atoms. The number of pyridine rings is 1. The first-order valence-corrected chi connectivity index (χ1v) is 11.5. The summed E-state index contributed by atoms with van der Waals surface area (Å²) in [6.45, 7) is 0.866. The van der Waals surface area contributed by atoms with Gasteiger partial charge in [-0.05, 0) is 47.6 Å². The first-order valence-electron chi connectivity index (χ1n) is 11.5. The van der Waals surface area contributed by atoms with Crippen molar-refractivity contribution in [1.29, 1.82) is 0 Å². The average molecular weight is 478 g/mol. The summed E-state index contributed by atoms with van der Waals surface area (Å²) in [5.74, 6) is -0.877. The summed E-state index contributed by atoms with van der Waals surface area (Å²) in [7, 11) is 0. The zero-order chi connectivity index (χ0) is 24.4. The summed E-state index contributed by atoms with van der Waals surface area (Å²) >= 11 is 0. The molecule has 1 aromatic carbocycles. The molecule has 2 N–H and O–H groups in total. The van der Waals surface area contributed by atoms with Crippen LogP contribution in [0.1, 0.15) is 72.4 Å². The first-order chi connectivity index (χ1) is 16.3. The molecule has 0 unspecified atom stereocenters. The highest BCUT2D eigenvalue weighted by atomic mass is 19.4. The summed E-state index contributed by atoms with van der Waals surface area (Å²) in [5.41, 5.74) is 1.96. The molecule has 1 aromatic heterocycles. The predicted molar refractivity (Wildman–Crippen MR) is 122 cm³/mol. The minimum atomic E-state index is -4.39. The van der Waals surface area contributed by atoms with Crippen LogP contribution in [-0.4, -0.2) is 28.8 Å². The summed E-state index contributed by atoms with van der Waals surface area (Å²) in [4.78, 5) is 20.0. The Hall–Kier alpha value is -2.94. The molecule has 2 aromatic rings. The SMILES string of the molecule is O=C(O)CCNCc1ccc(CC=NOCc2ccc(C3CCCCC3)c(C(F)(F)F)c2)nc1. The fraction of sp³-hybridized carbons (Fsp3) is 0.480. The van der Waals surface area contributed by atoms with Gasteiger partial charge in [-0.3, -0.25) is 9.78 Å². The standard InChI is InChI=1S/C25H30F3N3O3/c26-25(27,28)23-14-18(7-9-22(23)20-4-2-1-3-5-20)17-34-31-13-10-21-8-6-19(16-30-21)15-29-12-11-24(32)33/h6-9,13-14,16,20,29H,1-5,10-12,15,17H2,(H,32,33). The molecule has 6 nitrogen and oxygen atoms in total. The molecule has 3 rings (SSSR count). The molecule has 0 saturated heterocycles. The molecule has 9 heteroatoms. The zero-order valence-electron chi connectivity index (χ0n) is 19.0. The molecule has 0 spiro atoms. The van der Waals surface area contributed by atoms with Crippen LogP contribution in [0.3, 0.4) is 0 Å². The van der Waals surface area contributed by atoms with Gasteiger partial charge in [-0.1, -0.05) is 42.6 Å². The van der Waals surface area contributed by atoms with Gasteiger partial charge in [-0.2, -0.15) is 13.2 Å². The van der Waals surface area contributed by atoms with E-state index in [2.05, 4.69) is 15.5 Å². The third-order valence-electron chi connectivity index (χ3n) is 5.88. The highest BCUT2D eigenvalue weighted by Crippen LogP contribution is 2.41. The second-order valence-electron chi connectivity index (χ2n) is 8.50. The molecule has 1 heterocycles. The largest absolute Gasteiger partial charge is 0.481 e. The van der Waals surface area contributed by atoms with Crippen molar-refractivity contribution in [2.75, 3.05) is 6.54 Å². The van der Waals surface area contributed by atoms with Crippen LogP contribution in [0.4, 0.5) is 13.2 Å². The van der Waals surface area contributed by atoms with E-state index >= 15 is 0 Å². The van der Waals surface area contributed by atoms with Crippen molar-refractivity contribution in [2.24, 2.45) is 5.16 Å². The number of nitrogens with zero attached hydrogens (tertiary/aromatic N) is 2. The van der Waals surface area contributed by atoms with Gasteiger partial charge in [-0.25, -0.2) is 0 Å². The van der Waals surface area contributed by atoms with Gasteiger partial charge in [0.25, 0.3) is 0 Å². The Morgan fingerprint density at radius 1 is 1.18 bits per heavy atom. The number of nitrogens with one attached hydrogen (secondary N) is 1. The minimum absolute atomic E-state index is 0.0298. The number of aromatic nitrogens is 1. The Morgan fingerprint density at radius 3 is 2.62 bits per heavy atom. The quantitative estimate of drug-likeness (QED) is 0.255. The van der Waals surface area contributed by atoms with E-state index in [1.807, 2.05) is 12.1 Å². The van der Waals surface area contributed by atoms with E-state index in [0.29, 0.717) is 30.6 Å². The van der Waals surface area contributed by atoms with Gasteiger partial charge in [-0.15, -0.1) is 0 Å². The van der Waals surface area contributed by atoms with Crippen LogP contribution in [0.5, 0.6) is 0 Å². The summed E-state index contributed by atoms with van der Waals surface area (Å²) in [6.07, 6.45) is 3.96. The van der Waals surface area contributed by atoms with Gasteiger partial charge >= 0.3 is 12.1 Å². The Bertz CT molecular complexity index is 956. The highest BCUT2D eigenvalue weighted by Gasteiger charge is 2.35. The molecular weight excluding hydrogens is 447 g/mol. The van der Waals surface area contributed by atoms with Gasteiger partial charge in [0, 0.05) is 37.6 Å². The van der Waals surface area contributed by atoms with E-state index in [-0.39, 0.29) is 18.9 Å². The second kappa shape index (κ2) is 12.5. The summed E-state index contributed by atoms with van der Waals surface area (Å²) < 4.78 is 41.0. The highest BCUT2D eigenvalue weighted by molar-refractivity contribution is 5.66. The van der Waals surface area contributed by atoms with Crippen molar-refractivity contribution in [2.45, 2.75) is 70.2 Å². The number of hydrogen-bond donors (Lipinski definition) is 2. The maximum absolute atomic E-state index is 13.7. The van der Waals surface area contributed by atoms with Gasteiger partial charge in [0.15, 0.2) is 0 Å². The Labute approximate surface area is 197 Å². The van der Waals surface area contributed by atoms with Gasteiger partial charge in [0.2, 0.25) is 0 Å². The van der Waals surface area contributed by atoms with Gasteiger partial charge in [0.1, 0.15) is 6.61 Å². The van der Waals surface area contributed by atoms with E-state index in [4.69, 9.17) is 9.94 Å². The molecule has 1 aliphatic rings. The molecule has 0 atom stereocenters. The number of carboxylic acids is 1. The van der Waals surface area contributed by atoms with Crippen LogP contribution in [0.25, 0.3) is 0 Å². The number of benzene rings is 1. The van der Waals surface area contributed by atoms with Gasteiger partial charge < -0.3 is 15.3 Å². The first kappa shape index (κ1) is 25.7. The number of carboxylic acid groups (broad SMARTS) is 1. The molecule has 0 aliphatic heterocycles. The van der Waals surface area contributed by atoms with E-state index in [1.54, 1.807) is 18.3 Å². The molecule has 0 amide bonds. The molecule has 1 fully saturated rings. The van der Waals surface area contributed by atoms with Crippen molar-refractivity contribution in [1.82, 2.24) is 10.3 Å². The average Bonchev–Trinajstić information content (AvgIpc) is 2.82. The van der Waals surface area contributed by atoms with Crippen LogP contribution in [0.15, 0.2) is 41.7 Å².